The van der Waals surface area contributed by atoms with E-state index in [1.807, 2.05) is 30.3 Å². The summed E-state index contributed by atoms with van der Waals surface area (Å²) >= 11 is 0. The van der Waals surface area contributed by atoms with Crippen molar-refractivity contribution in [1.29, 1.82) is 5.26 Å². The fraction of sp³-hybridized carbons (Fsp3) is 0.0833. The predicted molar refractivity (Wildman–Crippen MR) is 63.0 cm³/mol. The third kappa shape index (κ3) is 2.49. The number of nitrogens with zero attached hydrogens (tertiary/aromatic N) is 3. The molecule has 0 unspecified atom stereocenters. The van der Waals surface area contributed by atoms with E-state index < -0.39 is 0 Å². The first kappa shape index (κ1) is 10.9. The maximum Gasteiger partial charge on any atom is 0.151 e. The lowest BCUT2D eigenvalue weighted by atomic mass is 10.3. The van der Waals surface area contributed by atoms with Gasteiger partial charge in [-0.3, -0.25) is 0 Å². The molecule has 1 aromatic heterocycles. The monoisotopic (exact) mass is 226 g/mol. The Balaban J connectivity index is 2.23. The Kier molecular flexibility index (Phi) is 3.17. The quantitative estimate of drug-likeness (QED) is 0.867. The topological polar surface area (TPSA) is 70.8 Å². The van der Waals surface area contributed by atoms with Crippen LogP contribution in [0.3, 0.4) is 0 Å². The van der Waals surface area contributed by atoms with E-state index >= 15 is 0 Å². The standard InChI is InChI=1S/C12H10N4O/c1-17-11-4-2-10(3-5-11)16-12-9(6-13)7-14-8-15-12/h2-5,7-8H,1H3,(H,14,15,16). The highest BCUT2D eigenvalue weighted by molar-refractivity contribution is 5.62. The zero-order valence-electron chi connectivity index (χ0n) is 9.21. The van der Waals surface area contributed by atoms with Crippen LogP contribution in [0.1, 0.15) is 5.56 Å². The second-order valence-corrected chi connectivity index (χ2v) is 3.25. The van der Waals surface area contributed by atoms with Crippen LogP contribution in [0.2, 0.25) is 0 Å². The van der Waals surface area contributed by atoms with Gasteiger partial charge in [-0.25, -0.2) is 9.97 Å². The fourth-order valence-electron chi connectivity index (χ4n) is 1.32. The minimum absolute atomic E-state index is 0.406. The van der Waals surface area contributed by atoms with Crippen molar-refractivity contribution < 1.29 is 4.74 Å². The van der Waals surface area contributed by atoms with Crippen LogP contribution in [-0.2, 0) is 0 Å². The van der Waals surface area contributed by atoms with E-state index in [4.69, 9.17) is 10.00 Å². The Morgan fingerprint density at radius 3 is 2.71 bits per heavy atom. The Bertz CT molecular complexity index is 545. The van der Waals surface area contributed by atoms with E-state index in [2.05, 4.69) is 15.3 Å². The number of benzene rings is 1. The summed E-state index contributed by atoms with van der Waals surface area (Å²) in [6.07, 6.45) is 2.87. The summed E-state index contributed by atoms with van der Waals surface area (Å²) in [5, 5.41) is 11.9. The molecular weight excluding hydrogens is 216 g/mol. The zero-order valence-corrected chi connectivity index (χ0v) is 9.21. The fourth-order valence-corrected chi connectivity index (χ4v) is 1.32. The molecule has 0 aliphatic carbocycles. The number of nitriles is 1. The van der Waals surface area contributed by atoms with Gasteiger partial charge in [0.2, 0.25) is 0 Å². The Labute approximate surface area is 98.7 Å². The van der Waals surface area contributed by atoms with E-state index in [0.29, 0.717) is 11.4 Å². The normalized spacial score (nSPS) is 9.41. The van der Waals surface area contributed by atoms with Gasteiger partial charge in [0.05, 0.1) is 13.3 Å². The Morgan fingerprint density at radius 2 is 2.06 bits per heavy atom. The van der Waals surface area contributed by atoms with Crippen LogP contribution in [-0.4, -0.2) is 17.1 Å². The molecule has 1 heterocycles. The van der Waals surface area contributed by atoms with E-state index in [1.54, 1.807) is 7.11 Å². The number of methoxy groups -OCH3 is 1. The number of rotatable bonds is 3. The number of hydrogen-bond donors (Lipinski definition) is 1. The molecule has 0 saturated carbocycles. The molecule has 0 saturated heterocycles. The van der Waals surface area contributed by atoms with E-state index in [-0.39, 0.29) is 0 Å². The maximum atomic E-state index is 8.89. The van der Waals surface area contributed by atoms with Crippen molar-refractivity contribution in [3.05, 3.63) is 42.4 Å². The molecule has 0 fully saturated rings. The SMILES string of the molecule is COc1ccc(Nc2ncncc2C#N)cc1. The average molecular weight is 226 g/mol. The van der Waals surface area contributed by atoms with Gasteiger partial charge in [0.15, 0.2) is 5.82 Å². The number of anilines is 2. The molecule has 17 heavy (non-hydrogen) atoms. The number of hydrogen-bond acceptors (Lipinski definition) is 5. The van der Waals surface area contributed by atoms with Crippen LogP contribution in [0, 0.1) is 11.3 Å². The zero-order chi connectivity index (χ0) is 12.1. The van der Waals surface area contributed by atoms with Crippen molar-refractivity contribution in [2.24, 2.45) is 0 Å². The molecule has 2 aromatic rings. The van der Waals surface area contributed by atoms with Crippen molar-refractivity contribution in [3.8, 4) is 11.8 Å². The van der Waals surface area contributed by atoms with Gasteiger partial charge in [0.1, 0.15) is 23.7 Å². The van der Waals surface area contributed by atoms with Crippen LogP contribution in [0.4, 0.5) is 11.5 Å². The first-order chi connectivity index (χ1) is 8.33. The lowest BCUT2D eigenvalue weighted by molar-refractivity contribution is 0.415. The molecule has 0 spiro atoms. The molecule has 0 amide bonds. The van der Waals surface area contributed by atoms with Crippen LogP contribution < -0.4 is 10.1 Å². The predicted octanol–water partition coefficient (Wildman–Crippen LogP) is 2.10. The molecule has 1 aromatic carbocycles. The minimum atomic E-state index is 0.406. The van der Waals surface area contributed by atoms with Crippen molar-refractivity contribution in [2.75, 3.05) is 12.4 Å². The van der Waals surface area contributed by atoms with Crippen molar-refractivity contribution in [3.63, 3.8) is 0 Å². The molecule has 0 aliphatic rings. The molecule has 84 valence electrons. The largest absolute Gasteiger partial charge is 0.497 e. The average Bonchev–Trinajstić information content (AvgIpc) is 2.40. The molecule has 2 rings (SSSR count). The first-order valence-electron chi connectivity index (χ1n) is 4.94. The minimum Gasteiger partial charge on any atom is -0.497 e. The molecule has 0 atom stereocenters. The van der Waals surface area contributed by atoms with Gasteiger partial charge in [-0.2, -0.15) is 5.26 Å². The van der Waals surface area contributed by atoms with E-state index in [1.165, 1.54) is 12.5 Å². The lowest BCUT2D eigenvalue weighted by Crippen LogP contribution is -1.97. The van der Waals surface area contributed by atoms with Crippen molar-refractivity contribution in [2.45, 2.75) is 0 Å². The number of nitrogens with one attached hydrogen (secondary N) is 1. The second kappa shape index (κ2) is 4.94. The van der Waals surface area contributed by atoms with Gasteiger partial charge in [0, 0.05) is 5.69 Å². The van der Waals surface area contributed by atoms with Gasteiger partial charge < -0.3 is 10.1 Å². The molecule has 0 aliphatic heterocycles. The Hall–Kier alpha value is -2.61. The van der Waals surface area contributed by atoms with Crippen molar-refractivity contribution >= 4 is 11.5 Å². The summed E-state index contributed by atoms with van der Waals surface area (Å²) in [4.78, 5) is 7.80. The number of aromatic nitrogens is 2. The first-order valence-corrected chi connectivity index (χ1v) is 4.94. The van der Waals surface area contributed by atoms with Crippen LogP contribution in [0.15, 0.2) is 36.8 Å². The van der Waals surface area contributed by atoms with Gasteiger partial charge in [-0.1, -0.05) is 0 Å². The van der Waals surface area contributed by atoms with Gasteiger partial charge in [0.25, 0.3) is 0 Å². The summed E-state index contributed by atoms with van der Waals surface area (Å²) in [5.74, 6) is 1.27. The van der Waals surface area contributed by atoms with Gasteiger partial charge in [-0.15, -0.1) is 0 Å². The van der Waals surface area contributed by atoms with E-state index in [0.717, 1.165) is 11.4 Å². The van der Waals surface area contributed by atoms with Crippen molar-refractivity contribution in [1.82, 2.24) is 9.97 Å². The summed E-state index contributed by atoms with van der Waals surface area (Å²) in [5.41, 5.74) is 1.24. The van der Waals surface area contributed by atoms with Crippen LogP contribution in [0.25, 0.3) is 0 Å². The van der Waals surface area contributed by atoms with Crippen LogP contribution >= 0.6 is 0 Å². The van der Waals surface area contributed by atoms with E-state index in [9.17, 15) is 0 Å². The summed E-state index contributed by atoms with van der Waals surface area (Å²) in [7, 11) is 1.61. The molecule has 0 bridgehead atoms. The molecule has 0 radical (unpaired) electrons. The van der Waals surface area contributed by atoms with Crippen LogP contribution in [0.5, 0.6) is 5.75 Å². The maximum absolute atomic E-state index is 8.89. The summed E-state index contributed by atoms with van der Waals surface area (Å²) in [6, 6.07) is 9.38. The third-order valence-electron chi connectivity index (χ3n) is 2.19. The summed E-state index contributed by atoms with van der Waals surface area (Å²) < 4.78 is 5.06. The molecule has 5 nitrogen and oxygen atoms in total. The Morgan fingerprint density at radius 1 is 1.29 bits per heavy atom. The summed E-state index contributed by atoms with van der Waals surface area (Å²) in [6.45, 7) is 0. The second-order valence-electron chi connectivity index (χ2n) is 3.25. The highest BCUT2D eigenvalue weighted by Gasteiger charge is 2.03. The molecule has 1 N–H and O–H groups in total. The third-order valence-corrected chi connectivity index (χ3v) is 2.19. The molecular formula is C12H10N4O. The highest BCUT2D eigenvalue weighted by atomic mass is 16.5. The van der Waals surface area contributed by atoms with Gasteiger partial charge >= 0.3 is 0 Å². The van der Waals surface area contributed by atoms with Gasteiger partial charge in [-0.05, 0) is 24.3 Å². The lowest BCUT2D eigenvalue weighted by Gasteiger charge is -2.07. The smallest absolute Gasteiger partial charge is 0.151 e. The molecule has 5 heteroatoms. The number of ether oxygens (including phenoxy) is 1. The highest BCUT2D eigenvalue weighted by Crippen LogP contribution is 2.19.